The second-order valence-corrected chi connectivity index (χ2v) is 1.19. The fourth-order valence-corrected chi connectivity index (χ4v) is 0.161. The molecule has 10 heavy (non-hydrogen) atoms. The van der Waals surface area contributed by atoms with Crippen LogP contribution in [0, 0.1) is 0 Å². The minimum absolute atomic E-state index is 0.357. The van der Waals surface area contributed by atoms with Gasteiger partial charge in [-0.3, -0.25) is 4.79 Å². The first-order valence-corrected chi connectivity index (χ1v) is 2.14. The molecule has 0 N–H and O–H groups in total. The first-order chi connectivity index (χ1) is 4.56. The Bertz CT molecular complexity index is 131. The van der Waals surface area contributed by atoms with Crippen LogP contribution in [0.15, 0.2) is 5.16 Å². The summed E-state index contributed by atoms with van der Waals surface area (Å²) in [5.74, 6) is 0. The normalized spacial score (nSPS) is 11.9. The Labute approximate surface area is 54.5 Å². The van der Waals surface area contributed by atoms with Crippen LogP contribution in [0.25, 0.3) is 0 Å². The Kier molecular flexibility index (Phi) is 3.45. The van der Waals surface area contributed by atoms with Crippen LogP contribution < -0.4 is 0 Å². The fraction of sp³-hybridized carbons (Fsp3) is 0.500. The number of rotatable bonds is 3. The van der Waals surface area contributed by atoms with Gasteiger partial charge in [-0.05, 0) is 0 Å². The topological polar surface area (TPSA) is 38.7 Å². The molecule has 0 fully saturated rings. The van der Waals surface area contributed by atoms with E-state index in [1.807, 2.05) is 0 Å². The zero-order valence-corrected chi connectivity index (χ0v) is 4.68. The van der Waals surface area contributed by atoms with Crippen molar-refractivity contribution in [2.24, 2.45) is 5.16 Å². The minimum Gasteiger partial charge on any atom is -0.387 e. The predicted molar refractivity (Wildman–Crippen MR) is 26.2 cm³/mol. The van der Waals surface area contributed by atoms with Gasteiger partial charge < -0.3 is 4.84 Å². The number of oxime groups is 1. The van der Waals surface area contributed by atoms with E-state index in [9.17, 15) is 18.0 Å². The van der Waals surface area contributed by atoms with Gasteiger partial charge in [0.05, 0.1) is 0 Å². The molecule has 0 aromatic rings. The van der Waals surface area contributed by atoms with Crippen molar-refractivity contribution in [1.82, 2.24) is 0 Å². The van der Waals surface area contributed by atoms with Gasteiger partial charge in [0, 0.05) is 0 Å². The van der Waals surface area contributed by atoms with E-state index in [0.29, 0.717) is 0 Å². The summed E-state index contributed by atoms with van der Waals surface area (Å²) in [4.78, 5) is 13.1. The minimum atomic E-state index is -4.50. The van der Waals surface area contributed by atoms with Crippen LogP contribution >= 0.6 is 0 Å². The first-order valence-electron chi connectivity index (χ1n) is 2.14. The molecule has 57 valence electrons. The van der Waals surface area contributed by atoms with Gasteiger partial charge in [0.15, 0.2) is 6.61 Å². The molecule has 0 aliphatic carbocycles. The molecule has 3 nitrogen and oxygen atoms in total. The highest BCUT2D eigenvalue weighted by Gasteiger charge is 2.24. The molecular formula is C4H3F3NO2. The molecule has 0 amide bonds. The smallest absolute Gasteiger partial charge is 0.387 e. The van der Waals surface area contributed by atoms with Crippen LogP contribution in [0.5, 0.6) is 0 Å². The third-order valence-corrected chi connectivity index (χ3v) is 0.397. The van der Waals surface area contributed by atoms with Crippen LogP contribution in [0.1, 0.15) is 0 Å². The third-order valence-electron chi connectivity index (χ3n) is 0.397. The number of carbonyl (C=O) groups excluding carboxylic acids is 1. The van der Waals surface area contributed by atoms with Crippen molar-refractivity contribution in [2.45, 2.75) is 6.18 Å². The van der Waals surface area contributed by atoms with Gasteiger partial charge in [-0.2, -0.15) is 13.2 Å². The molecule has 1 radical (unpaired) electrons. The maximum Gasteiger partial charge on any atom is 0.429 e. The van der Waals surface area contributed by atoms with Gasteiger partial charge in [-0.15, -0.1) is 0 Å². The summed E-state index contributed by atoms with van der Waals surface area (Å²) in [5.41, 5.74) is 0. The maximum absolute atomic E-state index is 11.2. The second kappa shape index (κ2) is 3.86. The molecule has 0 unspecified atom stereocenters. The zero-order chi connectivity index (χ0) is 8.04. The molecule has 0 aromatic carbocycles. The molecule has 0 bridgehead atoms. The summed E-state index contributed by atoms with van der Waals surface area (Å²) in [6.07, 6.45) is -3.65. The third kappa shape index (κ3) is 6.93. The lowest BCUT2D eigenvalue weighted by Gasteiger charge is -1.94. The van der Waals surface area contributed by atoms with Gasteiger partial charge in [-0.25, -0.2) is 0 Å². The van der Waals surface area contributed by atoms with E-state index >= 15 is 0 Å². The van der Waals surface area contributed by atoms with Crippen LogP contribution in [-0.2, 0) is 9.63 Å². The SMILES string of the molecule is O=[C]CON=CC(F)(F)F. The molecule has 0 aromatic heterocycles. The summed E-state index contributed by atoms with van der Waals surface area (Å²) >= 11 is 0. The first kappa shape index (κ1) is 8.93. The van der Waals surface area contributed by atoms with Crippen molar-refractivity contribution >= 4 is 12.5 Å². The number of nitrogens with zero attached hydrogens (tertiary/aromatic N) is 1. The van der Waals surface area contributed by atoms with Crippen molar-refractivity contribution in [2.75, 3.05) is 6.61 Å². The van der Waals surface area contributed by atoms with Crippen LogP contribution in [0.2, 0.25) is 0 Å². The van der Waals surface area contributed by atoms with Gasteiger partial charge in [0.25, 0.3) is 0 Å². The Balaban J connectivity index is 3.46. The van der Waals surface area contributed by atoms with Crippen molar-refractivity contribution in [3.8, 4) is 0 Å². The average Bonchev–Trinajstić information content (AvgIpc) is 1.78. The molecule has 0 spiro atoms. The Hall–Kier alpha value is -1.07. The molecule has 0 atom stereocenters. The molecule has 0 aliphatic heterocycles. The van der Waals surface area contributed by atoms with Crippen molar-refractivity contribution < 1.29 is 22.8 Å². The average molecular weight is 154 g/mol. The number of halogens is 3. The van der Waals surface area contributed by atoms with Crippen LogP contribution in [0.4, 0.5) is 13.2 Å². The predicted octanol–water partition coefficient (Wildman–Crippen LogP) is 0.661. The molecule has 0 heterocycles. The van der Waals surface area contributed by atoms with Crippen molar-refractivity contribution in [3.05, 3.63) is 0 Å². The lowest BCUT2D eigenvalue weighted by atomic mass is 10.7. The molecule has 6 heteroatoms. The van der Waals surface area contributed by atoms with Gasteiger partial charge >= 0.3 is 6.18 Å². The van der Waals surface area contributed by atoms with Gasteiger partial charge in [-0.1, -0.05) is 5.16 Å². The van der Waals surface area contributed by atoms with E-state index in [2.05, 4.69) is 9.99 Å². The summed E-state index contributed by atoms with van der Waals surface area (Å²) < 4.78 is 33.5. The van der Waals surface area contributed by atoms with Gasteiger partial charge in [0.2, 0.25) is 6.29 Å². The monoisotopic (exact) mass is 154 g/mol. The lowest BCUT2D eigenvalue weighted by molar-refractivity contribution is -0.0562. The standard InChI is InChI=1S/C4H3F3NO2/c5-4(6,7)3-8-10-2-1-9/h3H,2H2. The highest BCUT2D eigenvalue weighted by atomic mass is 19.4. The van der Waals surface area contributed by atoms with E-state index in [-0.39, 0.29) is 6.21 Å². The number of alkyl halides is 3. The maximum atomic E-state index is 11.2. The molecule has 0 rings (SSSR count). The van der Waals surface area contributed by atoms with Crippen molar-refractivity contribution in [3.63, 3.8) is 0 Å². The van der Waals surface area contributed by atoms with E-state index in [1.54, 1.807) is 0 Å². The largest absolute Gasteiger partial charge is 0.429 e. The van der Waals surface area contributed by atoms with E-state index < -0.39 is 12.8 Å². The van der Waals surface area contributed by atoms with Crippen LogP contribution in [0.3, 0.4) is 0 Å². The summed E-state index contributed by atoms with van der Waals surface area (Å²) in [7, 11) is 0. The summed E-state index contributed by atoms with van der Waals surface area (Å²) in [5, 5.41) is 2.42. The summed E-state index contributed by atoms with van der Waals surface area (Å²) in [6.45, 7) is -0.591. The highest BCUT2D eigenvalue weighted by molar-refractivity contribution is 5.63. The Morgan fingerprint density at radius 3 is 2.60 bits per heavy atom. The van der Waals surface area contributed by atoms with Crippen LogP contribution in [-0.4, -0.2) is 25.3 Å². The number of hydrogen-bond donors (Lipinski definition) is 0. The highest BCUT2D eigenvalue weighted by Crippen LogP contribution is 2.10. The Morgan fingerprint density at radius 2 is 2.20 bits per heavy atom. The van der Waals surface area contributed by atoms with E-state index in [0.717, 1.165) is 0 Å². The summed E-state index contributed by atoms with van der Waals surface area (Å²) in [6, 6.07) is 0. The Morgan fingerprint density at radius 1 is 1.60 bits per heavy atom. The van der Waals surface area contributed by atoms with E-state index in [4.69, 9.17) is 0 Å². The lowest BCUT2D eigenvalue weighted by Crippen LogP contribution is -2.08. The molecule has 0 saturated heterocycles. The quantitative estimate of drug-likeness (QED) is 0.340. The van der Waals surface area contributed by atoms with Crippen molar-refractivity contribution in [1.29, 1.82) is 0 Å². The molecular weight excluding hydrogens is 151 g/mol. The number of hydrogen-bond acceptors (Lipinski definition) is 3. The zero-order valence-electron chi connectivity index (χ0n) is 4.68. The van der Waals surface area contributed by atoms with E-state index in [1.165, 1.54) is 6.29 Å². The molecule has 0 saturated carbocycles. The molecule has 0 aliphatic rings. The van der Waals surface area contributed by atoms with Gasteiger partial charge in [0.1, 0.15) is 6.21 Å². The second-order valence-electron chi connectivity index (χ2n) is 1.19. The fourth-order valence-electron chi connectivity index (χ4n) is 0.161.